The van der Waals surface area contributed by atoms with Gasteiger partial charge in [-0.1, -0.05) is 6.92 Å². The van der Waals surface area contributed by atoms with Crippen molar-refractivity contribution in [3.05, 3.63) is 0 Å². The zero-order valence-corrected chi connectivity index (χ0v) is 12.6. The van der Waals surface area contributed by atoms with Crippen LogP contribution in [0.25, 0.3) is 0 Å². The lowest BCUT2D eigenvalue weighted by atomic mass is 9.84. The average Bonchev–Trinajstić information content (AvgIpc) is 2.84. The summed E-state index contributed by atoms with van der Waals surface area (Å²) in [5.41, 5.74) is -0.740. The Morgan fingerprint density at radius 3 is 2.68 bits per heavy atom. The zero-order chi connectivity index (χ0) is 14.3. The Labute approximate surface area is 119 Å². The molecule has 110 valence electrons. The summed E-state index contributed by atoms with van der Waals surface area (Å²) in [4.78, 5) is 24.8. The first-order valence-corrected chi connectivity index (χ1v) is 8.20. The highest BCUT2D eigenvalue weighted by Gasteiger charge is 2.44. The van der Waals surface area contributed by atoms with Gasteiger partial charge in [-0.2, -0.15) is 11.8 Å². The molecule has 1 rings (SSSR count). The topological polar surface area (TPSA) is 69.6 Å². The van der Waals surface area contributed by atoms with E-state index in [1.165, 1.54) is 0 Å². The van der Waals surface area contributed by atoms with Crippen molar-refractivity contribution in [2.24, 2.45) is 5.41 Å². The number of thioether (sulfide) groups is 1. The molecule has 1 atom stereocenters. The lowest BCUT2D eigenvalue weighted by Gasteiger charge is -2.23. The van der Waals surface area contributed by atoms with E-state index < -0.39 is 11.4 Å². The summed E-state index contributed by atoms with van der Waals surface area (Å²) in [6.45, 7) is 3.41. The minimum atomic E-state index is -0.787. The molecule has 0 aliphatic carbocycles. The van der Waals surface area contributed by atoms with Gasteiger partial charge in [-0.15, -0.1) is 0 Å². The van der Waals surface area contributed by atoms with Gasteiger partial charge in [-0.25, -0.2) is 4.79 Å². The first kappa shape index (κ1) is 16.1. The number of carbonyl (C=O) groups is 2. The predicted molar refractivity (Wildman–Crippen MR) is 77.6 cm³/mol. The van der Waals surface area contributed by atoms with Gasteiger partial charge < -0.3 is 15.3 Å². The van der Waals surface area contributed by atoms with E-state index in [1.54, 1.807) is 16.7 Å². The van der Waals surface area contributed by atoms with Gasteiger partial charge in [0.1, 0.15) is 0 Å². The smallest absolute Gasteiger partial charge is 0.317 e. The predicted octanol–water partition coefficient (Wildman–Crippen LogP) is 2.03. The van der Waals surface area contributed by atoms with Gasteiger partial charge in [0.2, 0.25) is 0 Å². The van der Waals surface area contributed by atoms with Gasteiger partial charge in [-0.3, -0.25) is 4.79 Å². The highest BCUT2D eigenvalue weighted by molar-refractivity contribution is 7.98. The third kappa shape index (κ3) is 4.30. The lowest BCUT2D eigenvalue weighted by molar-refractivity contribution is -0.148. The van der Waals surface area contributed by atoms with Crippen molar-refractivity contribution in [2.45, 2.75) is 32.6 Å². The maximum absolute atomic E-state index is 11.9. The van der Waals surface area contributed by atoms with E-state index in [2.05, 4.69) is 11.6 Å². The molecule has 0 aromatic rings. The highest BCUT2D eigenvalue weighted by atomic mass is 32.2. The van der Waals surface area contributed by atoms with Gasteiger partial charge in [0.05, 0.1) is 5.41 Å². The summed E-state index contributed by atoms with van der Waals surface area (Å²) >= 11 is 1.80. The van der Waals surface area contributed by atoms with Crippen LogP contribution in [-0.4, -0.2) is 53.6 Å². The summed E-state index contributed by atoms with van der Waals surface area (Å²) in [6, 6.07) is -0.124. The molecule has 5 nitrogen and oxygen atoms in total. The number of carboxylic acids is 1. The van der Waals surface area contributed by atoms with Crippen molar-refractivity contribution in [3.63, 3.8) is 0 Å². The van der Waals surface area contributed by atoms with Crippen molar-refractivity contribution in [1.82, 2.24) is 10.2 Å². The number of urea groups is 1. The molecule has 0 aromatic heterocycles. The summed E-state index contributed by atoms with van der Waals surface area (Å²) in [5.74, 6) is 0.322. The molecular formula is C13H24N2O3S. The van der Waals surface area contributed by atoms with E-state index in [-0.39, 0.29) is 6.03 Å². The normalized spacial score (nSPS) is 22.5. The maximum atomic E-state index is 11.9. The van der Waals surface area contributed by atoms with Crippen LogP contribution in [0.4, 0.5) is 4.79 Å². The number of aliphatic carboxylic acids is 1. The number of hydrogen-bond donors (Lipinski definition) is 2. The van der Waals surface area contributed by atoms with Crippen molar-refractivity contribution in [2.75, 3.05) is 31.6 Å². The fourth-order valence-electron chi connectivity index (χ4n) is 2.34. The van der Waals surface area contributed by atoms with Gasteiger partial charge in [0.15, 0.2) is 0 Å². The van der Waals surface area contributed by atoms with E-state index in [9.17, 15) is 14.7 Å². The second-order valence-corrected chi connectivity index (χ2v) is 6.03. The van der Waals surface area contributed by atoms with Crippen LogP contribution in [0.2, 0.25) is 0 Å². The van der Waals surface area contributed by atoms with Crippen LogP contribution < -0.4 is 5.32 Å². The van der Waals surface area contributed by atoms with Crippen molar-refractivity contribution in [3.8, 4) is 0 Å². The van der Waals surface area contributed by atoms with E-state index >= 15 is 0 Å². The van der Waals surface area contributed by atoms with Gasteiger partial charge >= 0.3 is 12.0 Å². The number of hydrogen-bond acceptors (Lipinski definition) is 3. The molecule has 1 unspecified atom stereocenters. The number of likely N-dealkylation sites (tertiary alicyclic amines) is 1. The molecule has 0 bridgehead atoms. The number of carboxylic acid groups (broad SMARTS) is 1. The third-order valence-corrected chi connectivity index (χ3v) is 4.52. The van der Waals surface area contributed by atoms with Crippen molar-refractivity contribution >= 4 is 23.8 Å². The van der Waals surface area contributed by atoms with E-state index in [0.29, 0.717) is 32.5 Å². The van der Waals surface area contributed by atoms with Crippen LogP contribution in [0.15, 0.2) is 0 Å². The van der Waals surface area contributed by atoms with Crippen LogP contribution in [0.3, 0.4) is 0 Å². The Morgan fingerprint density at radius 2 is 2.16 bits per heavy atom. The first-order chi connectivity index (χ1) is 9.05. The minimum Gasteiger partial charge on any atom is -0.481 e. The molecular weight excluding hydrogens is 264 g/mol. The van der Waals surface area contributed by atoms with E-state index in [0.717, 1.165) is 18.6 Å². The van der Waals surface area contributed by atoms with Crippen LogP contribution in [-0.2, 0) is 4.79 Å². The van der Waals surface area contributed by atoms with E-state index in [1.807, 2.05) is 6.92 Å². The van der Waals surface area contributed by atoms with E-state index in [4.69, 9.17) is 0 Å². The largest absolute Gasteiger partial charge is 0.481 e. The van der Waals surface area contributed by atoms with Gasteiger partial charge in [-0.05, 0) is 37.7 Å². The minimum absolute atomic E-state index is 0.124. The van der Waals surface area contributed by atoms with Crippen LogP contribution in [0, 0.1) is 5.41 Å². The Kier molecular flexibility index (Phi) is 6.48. The summed E-state index contributed by atoms with van der Waals surface area (Å²) in [5, 5.41) is 12.1. The zero-order valence-electron chi connectivity index (χ0n) is 11.8. The SMILES string of the molecule is CCC1(C(=O)O)CCN(C(=O)NCCCCSC)C1. The molecule has 1 aliphatic rings. The van der Waals surface area contributed by atoms with Crippen molar-refractivity contribution < 1.29 is 14.7 Å². The second kappa shape index (κ2) is 7.62. The molecule has 2 amide bonds. The second-order valence-electron chi connectivity index (χ2n) is 5.04. The number of unbranched alkanes of at least 4 members (excludes halogenated alkanes) is 1. The van der Waals surface area contributed by atoms with Gasteiger partial charge in [0.25, 0.3) is 0 Å². The Hall–Kier alpha value is -0.910. The molecule has 2 N–H and O–H groups in total. The number of nitrogens with zero attached hydrogens (tertiary/aromatic N) is 1. The molecule has 6 heteroatoms. The molecule has 0 spiro atoms. The standard InChI is InChI=1S/C13H24N2O3S/c1-3-13(11(16)17)6-8-15(10-13)12(18)14-7-4-5-9-19-2/h3-10H2,1-2H3,(H,14,18)(H,16,17). The first-order valence-electron chi connectivity index (χ1n) is 6.81. The van der Waals surface area contributed by atoms with Crippen LogP contribution in [0.1, 0.15) is 32.6 Å². The lowest BCUT2D eigenvalue weighted by Crippen LogP contribution is -2.41. The molecule has 0 aromatic carbocycles. The Balaban J connectivity index is 2.33. The summed E-state index contributed by atoms with van der Waals surface area (Å²) in [7, 11) is 0. The molecule has 0 saturated carbocycles. The summed E-state index contributed by atoms with van der Waals surface area (Å²) < 4.78 is 0. The highest BCUT2D eigenvalue weighted by Crippen LogP contribution is 2.34. The Bertz CT molecular complexity index is 325. The number of carbonyl (C=O) groups excluding carboxylic acids is 1. The quantitative estimate of drug-likeness (QED) is 0.703. The molecule has 1 fully saturated rings. The third-order valence-electron chi connectivity index (χ3n) is 3.82. The van der Waals surface area contributed by atoms with Crippen molar-refractivity contribution in [1.29, 1.82) is 0 Å². The fourth-order valence-corrected chi connectivity index (χ4v) is 2.83. The van der Waals surface area contributed by atoms with Crippen LogP contribution >= 0.6 is 11.8 Å². The van der Waals surface area contributed by atoms with Gasteiger partial charge in [0, 0.05) is 19.6 Å². The molecule has 19 heavy (non-hydrogen) atoms. The molecule has 0 radical (unpaired) electrons. The Morgan fingerprint density at radius 1 is 1.42 bits per heavy atom. The molecule has 1 aliphatic heterocycles. The van der Waals surface area contributed by atoms with Crippen LogP contribution in [0.5, 0.6) is 0 Å². The average molecular weight is 288 g/mol. The fraction of sp³-hybridized carbons (Fsp3) is 0.846. The molecule has 1 heterocycles. The monoisotopic (exact) mass is 288 g/mol. The number of rotatable bonds is 7. The molecule has 1 saturated heterocycles. The summed E-state index contributed by atoms with van der Waals surface area (Å²) in [6.07, 6.45) is 5.26. The number of nitrogens with one attached hydrogen (secondary N) is 1. The number of amides is 2. The maximum Gasteiger partial charge on any atom is 0.317 e.